The smallest absolute Gasteiger partial charge is 0.308 e. The predicted molar refractivity (Wildman–Crippen MR) is 87.6 cm³/mol. The van der Waals surface area contributed by atoms with Gasteiger partial charge in [0.1, 0.15) is 0 Å². The fraction of sp³-hybridized carbons (Fsp3) is 0.529. The first kappa shape index (κ1) is 19.1. The van der Waals surface area contributed by atoms with Crippen molar-refractivity contribution in [3.05, 3.63) is 35.9 Å². The van der Waals surface area contributed by atoms with E-state index in [0.717, 1.165) is 5.56 Å². The van der Waals surface area contributed by atoms with Gasteiger partial charge < -0.3 is 20.5 Å². The second-order valence-electron chi connectivity index (χ2n) is 5.57. The second kappa shape index (κ2) is 9.97. The molecule has 0 heterocycles. The van der Waals surface area contributed by atoms with E-state index in [-0.39, 0.29) is 43.5 Å². The Bertz CT molecular complexity index is 487. The molecule has 128 valence electrons. The van der Waals surface area contributed by atoms with Crippen LogP contribution in [-0.2, 0) is 19.1 Å². The van der Waals surface area contributed by atoms with E-state index >= 15 is 0 Å². The monoisotopic (exact) mass is 322 g/mol. The largest absolute Gasteiger partial charge is 0.463 e. The van der Waals surface area contributed by atoms with Gasteiger partial charge in [0.15, 0.2) is 0 Å². The van der Waals surface area contributed by atoms with Crippen LogP contribution in [0.2, 0.25) is 0 Å². The molecule has 0 bridgehead atoms. The van der Waals surface area contributed by atoms with E-state index in [2.05, 4.69) is 5.32 Å². The molecule has 0 radical (unpaired) electrons. The first-order chi connectivity index (χ1) is 11.0. The molecule has 0 spiro atoms. The van der Waals surface area contributed by atoms with Crippen molar-refractivity contribution in [3.8, 4) is 0 Å². The minimum Gasteiger partial charge on any atom is -0.463 e. The lowest BCUT2D eigenvalue weighted by Crippen LogP contribution is -2.35. The van der Waals surface area contributed by atoms with Crippen molar-refractivity contribution in [2.75, 3.05) is 13.7 Å². The van der Waals surface area contributed by atoms with E-state index in [4.69, 9.17) is 15.2 Å². The lowest BCUT2D eigenvalue weighted by Gasteiger charge is -2.21. The summed E-state index contributed by atoms with van der Waals surface area (Å²) in [7, 11) is 1.51. The summed E-state index contributed by atoms with van der Waals surface area (Å²) in [5, 5.41) is 2.86. The maximum atomic E-state index is 12.2. The van der Waals surface area contributed by atoms with Crippen molar-refractivity contribution < 1.29 is 19.1 Å². The molecule has 0 saturated carbocycles. The average Bonchev–Trinajstić information content (AvgIpc) is 2.52. The van der Waals surface area contributed by atoms with Crippen LogP contribution in [0.1, 0.15) is 38.3 Å². The zero-order chi connectivity index (χ0) is 17.2. The predicted octanol–water partition coefficient (Wildman–Crippen LogP) is 1.55. The molecule has 1 amide bonds. The van der Waals surface area contributed by atoms with Crippen LogP contribution in [0, 0.1) is 0 Å². The molecule has 1 rings (SSSR count). The molecule has 1 aromatic rings. The number of benzene rings is 1. The summed E-state index contributed by atoms with van der Waals surface area (Å²) in [6.45, 7) is 3.84. The minimum absolute atomic E-state index is 0.0776. The molecule has 0 fully saturated rings. The zero-order valence-electron chi connectivity index (χ0n) is 14.0. The fourth-order valence-electron chi connectivity index (χ4n) is 2.14. The minimum atomic E-state index is -0.440. The second-order valence-corrected chi connectivity index (χ2v) is 5.57. The lowest BCUT2D eigenvalue weighted by molar-refractivity contribution is -0.148. The van der Waals surface area contributed by atoms with Crippen LogP contribution in [0.15, 0.2) is 30.3 Å². The van der Waals surface area contributed by atoms with Crippen LogP contribution in [0.25, 0.3) is 0 Å². The molecule has 3 N–H and O–H groups in total. The van der Waals surface area contributed by atoms with Gasteiger partial charge in [-0.2, -0.15) is 0 Å². The Kier molecular flexibility index (Phi) is 8.29. The number of amides is 1. The Morgan fingerprint density at radius 3 is 2.35 bits per heavy atom. The van der Waals surface area contributed by atoms with E-state index in [0.29, 0.717) is 0 Å². The standard InChI is InChI=1S/C17H26N2O4/c1-12(2)23-17(21)10-15(13-7-5-4-6-8-13)19-16(20)9-14(11-18)22-3/h4-8,12,14-15H,9-11,18H2,1-3H3,(H,19,20). The van der Waals surface area contributed by atoms with Crippen LogP contribution in [0.3, 0.4) is 0 Å². The zero-order valence-corrected chi connectivity index (χ0v) is 14.0. The van der Waals surface area contributed by atoms with Crippen LogP contribution >= 0.6 is 0 Å². The summed E-state index contributed by atoms with van der Waals surface area (Å²) < 4.78 is 10.3. The van der Waals surface area contributed by atoms with Gasteiger partial charge in [0.25, 0.3) is 0 Å². The molecule has 0 aliphatic carbocycles. The van der Waals surface area contributed by atoms with Crippen molar-refractivity contribution in [1.29, 1.82) is 0 Å². The first-order valence-corrected chi connectivity index (χ1v) is 7.72. The topological polar surface area (TPSA) is 90.6 Å². The third-order valence-electron chi connectivity index (χ3n) is 3.28. The number of carbonyl (C=O) groups excluding carboxylic acids is 2. The SMILES string of the molecule is COC(CN)CC(=O)NC(CC(=O)OC(C)C)c1ccccc1. The maximum Gasteiger partial charge on any atom is 0.308 e. The Balaban J connectivity index is 2.75. The van der Waals surface area contributed by atoms with Gasteiger partial charge in [0.2, 0.25) is 5.91 Å². The molecule has 2 unspecified atom stereocenters. The highest BCUT2D eigenvalue weighted by molar-refractivity contribution is 5.78. The van der Waals surface area contributed by atoms with Crippen molar-refractivity contribution in [3.63, 3.8) is 0 Å². The summed E-state index contributed by atoms with van der Waals surface area (Å²) in [6.07, 6.45) is -0.303. The summed E-state index contributed by atoms with van der Waals surface area (Å²) in [5.41, 5.74) is 6.38. The molecule has 0 aliphatic heterocycles. The van der Waals surface area contributed by atoms with E-state index < -0.39 is 6.04 Å². The number of hydrogen-bond acceptors (Lipinski definition) is 5. The van der Waals surface area contributed by atoms with Crippen molar-refractivity contribution in [1.82, 2.24) is 5.32 Å². The maximum absolute atomic E-state index is 12.2. The number of methoxy groups -OCH3 is 1. The number of ether oxygens (including phenoxy) is 2. The van der Waals surface area contributed by atoms with Crippen LogP contribution in [0.5, 0.6) is 0 Å². The van der Waals surface area contributed by atoms with Crippen molar-refractivity contribution in [2.45, 2.75) is 44.9 Å². The van der Waals surface area contributed by atoms with Crippen LogP contribution < -0.4 is 11.1 Å². The Hall–Kier alpha value is -1.92. The van der Waals surface area contributed by atoms with Gasteiger partial charge in [-0.15, -0.1) is 0 Å². The molecule has 2 atom stereocenters. The normalized spacial score (nSPS) is 13.4. The molecular formula is C17H26N2O4. The van der Waals surface area contributed by atoms with E-state index in [1.807, 2.05) is 30.3 Å². The van der Waals surface area contributed by atoms with E-state index in [1.165, 1.54) is 7.11 Å². The van der Waals surface area contributed by atoms with Gasteiger partial charge in [-0.3, -0.25) is 9.59 Å². The van der Waals surface area contributed by atoms with Gasteiger partial charge in [-0.05, 0) is 19.4 Å². The van der Waals surface area contributed by atoms with Crippen molar-refractivity contribution in [2.24, 2.45) is 5.73 Å². The van der Waals surface area contributed by atoms with Gasteiger partial charge in [-0.1, -0.05) is 30.3 Å². The number of rotatable bonds is 9. The third kappa shape index (κ3) is 7.25. The highest BCUT2D eigenvalue weighted by Crippen LogP contribution is 2.18. The molecule has 6 nitrogen and oxygen atoms in total. The Labute approximate surface area is 137 Å². The van der Waals surface area contributed by atoms with E-state index in [9.17, 15) is 9.59 Å². The van der Waals surface area contributed by atoms with Crippen molar-refractivity contribution >= 4 is 11.9 Å². The summed E-state index contributed by atoms with van der Waals surface area (Å²) in [6, 6.07) is 8.89. The van der Waals surface area contributed by atoms with Gasteiger partial charge in [0.05, 0.1) is 31.1 Å². The van der Waals surface area contributed by atoms with Gasteiger partial charge in [-0.25, -0.2) is 0 Å². The lowest BCUT2D eigenvalue weighted by atomic mass is 10.0. The highest BCUT2D eigenvalue weighted by atomic mass is 16.5. The first-order valence-electron chi connectivity index (χ1n) is 7.72. The molecule has 6 heteroatoms. The Morgan fingerprint density at radius 1 is 1.17 bits per heavy atom. The van der Waals surface area contributed by atoms with Crippen LogP contribution in [0.4, 0.5) is 0 Å². The van der Waals surface area contributed by atoms with E-state index in [1.54, 1.807) is 13.8 Å². The molecule has 1 aromatic carbocycles. The number of hydrogen-bond donors (Lipinski definition) is 2. The average molecular weight is 322 g/mol. The molecule has 0 aliphatic rings. The number of nitrogens with two attached hydrogens (primary N) is 1. The molecule has 23 heavy (non-hydrogen) atoms. The van der Waals surface area contributed by atoms with Gasteiger partial charge >= 0.3 is 5.97 Å². The third-order valence-corrected chi connectivity index (χ3v) is 3.28. The Morgan fingerprint density at radius 2 is 1.83 bits per heavy atom. The number of esters is 1. The highest BCUT2D eigenvalue weighted by Gasteiger charge is 2.21. The van der Waals surface area contributed by atoms with Crippen LogP contribution in [-0.4, -0.2) is 37.7 Å². The summed E-state index contributed by atoms with van der Waals surface area (Å²) >= 11 is 0. The quantitative estimate of drug-likeness (QED) is 0.673. The molecule has 0 saturated heterocycles. The number of carbonyl (C=O) groups is 2. The fourth-order valence-corrected chi connectivity index (χ4v) is 2.14. The molecular weight excluding hydrogens is 296 g/mol. The van der Waals surface area contributed by atoms with Gasteiger partial charge in [0, 0.05) is 13.7 Å². The number of nitrogens with one attached hydrogen (secondary N) is 1. The molecule has 0 aromatic heterocycles. The summed E-state index contributed by atoms with van der Waals surface area (Å²) in [4.78, 5) is 24.1. The summed E-state index contributed by atoms with van der Waals surface area (Å²) in [5.74, 6) is -0.565.